The van der Waals surface area contributed by atoms with Crippen molar-refractivity contribution in [3.8, 4) is 22.5 Å². The minimum Gasteiger partial charge on any atom is -0.501 e. The average Bonchev–Trinajstić information content (AvgIpc) is 3.57. The van der Waals surface area contributed by atoms with Crippen LogP contribution in [-0.4, -0.2) is 16.1 Å². The number of furan rings is 1. The molecular weight excluding hydrogens is 858 g/mol. The zero-order valence-corrected chi connectivity index (χ0v) is 32.6. The standard InChI is InChI=1S/C30H21F3NO.C17H20N.Ir/c1-29(2,30(31,32)33)17-18-12-13-34-26(14-18)23-9-5-8-22-25-15-20-11-10-19-6-3-4-7-21(19)24(20)16-27(25)35-28(22)23;1-13-5-8-15(9-6-13)16-10-7-14(12-18-16)11-17(2,3)4;/h3-8,10-16H,17H2,1-2H3;5-8,10,12H,11H2,1-4H3;/q2*-1;/i17D2;1D3,11D2;. The van der Waals surface area contributed by atoms with Gasteiger partial charge in [0.05, 0.1) is 11.0 Å². The van der Waals surface area contributed by atoms with Gasteiger partial charge in [-0.2, -0.15) is 13.2 Å². The van der Waals surface area contributed by atoms with Crippen LogP contribution in [0.4, 0.5) is 13.2 Å². The number of alkyl halides is 3. The molecule has 0 atom stereocenters. The first-order chi connectivity index (χ1) is 27.9. The molecule has 0 fully saturated rings. The summed E-state index contributed by atoms with van der Waals surface area (Å²) >= 11 is 0. The number of benzene rings is 5. The molecule has 277 valence electrons. The molecule has 1 radical (unpaired) electrons. The molecule has 0 N–H and O–H groups in total. The van der Waals surface area contributed by atoms with E-state index in [1.807, 2.05) is 45.0 Å². The molecule has 0 aliphatic rings. The third-order valence-electron chi connectivity index (χ3n) is 8.85. The fraction of sp³-hybridized carbons (Fsp3) is 0.234. The first-order valence-corrected chi connectivity index (χ1v) is 17.1. The van der Waals surface area contributed by atoms with Crippen LogP contribution in [0.3, 0.4) is 0 Å². The molecule has 3 heterocycles. The summed E-state index contributed by atoms with van der Waals surface area (Å²) in [7, 11) is 0. The van der Waals surface area contributed by atoms with Crippen molar-refractivity contribution in [1.29, 1.82) is 0 Å². The van der Waals surface area contributed by atoms with Crippen molar-refractivity contribution in [3.05, 3.63) is 144 Å². The third kappa shape index (κ3) is 8.28. The molecule has 0 aliphatic carbocycles. The van der Waals surface area contributed by atoms with Crippen LogP contribution in [0.15, 0.2) is 120 Å². The zero-order valence-electron chi connectivity index (χ0n) is 37.2. The van der Waals surface area contributed by atoms with Gasteiger partial charge < -0.3 is 14.4 Å². The summed E-state index contributed by atoms with van der Waals surface area (Å²) in [5.74, 6) is 0. The van der Waals surface area contributed by atoms with Crippen molar-refractivity contribution in [1.82, 2.24) is 9.97 Å². The van der Waals surface area contributed by atoms with Crippen molar-refractivity contribution in [3.63, 3.8) is 0 Å². The average molecular weight is 906 g/mol. The summed E-state index contributed by atoms with van der Waals surface area (Å²) in [5.41, 5.74) is 0.732. The molecule has 7 heteroatoms. The summed E-state index contributed by atoms with van der Waals surface area (Å²) < 4.78 is 103. The van der Waals surface area contributed by atoms with Gasteiger partial charge in [0.1, 0.15) is 5.58 Å². The van der Waals surface area contributed by atoms with Crippen LogP contribution in [0, 0.1) is 29.8 Å². The van der Waals surface area contributed by atoms with E-state index in [0.717, 1.165) is 46.2 Å². The third-order valence-corrected chi connectivity index (χ3v) is 8.85. The molecule has 8 rings (SSSR count). The molecule has 8 aromatic rings. The van der Waals surface area contributed by atoms with E-state index >= 15 is 0 Å². The van der Waals surface area contributed by atoms with Crippen molar-refractivity contribution >= 4 is 43.5 Å². The number of fused-ring (bicyclic) bond motifs is 6. The molecule has 3 nitrogen and oxygen atoms in total. The second-order valence-corrected chi connectivity index (χ2v) is 14.5. The number of aryl methyl sites for hydroxylation is 1. The molecule has 0 bridgehead atoms. The Labute approximate surface area is 337 Å². The fourth-order valence-corrected chi connectivity index (χ4v) is 6.15. The predicted molar refractivity (Wildman–Crippen MR) is 211 cm³/mol. The Balaban J connectivity index is 0.000000225. The predicted octanol–water partition coefficient (Wildman–Crippen LogP) is 13.3. The maximum Gasteiger partial charge on any atom is 0.394 e. The molecule has 3 aromatic heterocycles. The van der Waals surface area contributed by atoms with Crippen molar-refractivity contribution in [2.24, 2.45) is 10.8 Å². The quantitative estimate of drug-likeness (QED) is 0.128. The molecule has 0 saturated carbocycles. The minimum absolute atomic E-state index is 0. The Hall–Kier alpha value is -4.84. The number of rotatable bonds is 5. The smallest absolute Gasteiger partial charge is 0.394 e. The molecular formula is C47H41F3IrN2O-2. The minimum atomic E-state index is -4.74. The largest absolute Gasteiger partial charge is 0.501 e. The van der Waals surface area contributed by atoms with Gasteiger partial charge in [-0.25, -0.2) is 0 Å². The van der Waals surface area contributed by atoms with Crippen LogP contribution in [0.5, 0.6) is 0 Å². The topological polar surface area (TPSA) is 38.9 Å². The van der Waals surface area contributed by atoms with E-state index in [2.05, 4.69) is 52.4 Å². The number of halogens is 3. The van der Waals surface area contributed by atoms with Crippen molar-refractivity contribution < 1.29 is 47.3 Å². The summed E-state index contributed by atoms with van der Waals surface area (Å²) in [6, 6.07) is 36.7. The number of hydrogen-bond acceptors (Lipinski definition) is 3. The van der Waals surface area contributed by atoms with E-state index in [-0.39, 0.29) is 31.2 Å². The fourth-order valence-electron chi connectivity index (χ4n) is 6.15. The number of aromatic nitrogens is 2. The van der Waals surface area contributed by atoms with Crippen LogP contribution in [0.25, 0.3) is 66.0 Å². The molecule has 0 spiro atoms. The van der Waals surface area contributed by atoms with E-state index < -0.39 is 36.6 Å². The van der Waals surface area contributed by atoms with E-state index in [1.54, 1.807) is 30.3 Å². The van der Waals surface area contributed by atoms with Crippen molar-refractivity contribution in [2.75, 3.05) is 0 Å². The van der Waals surface area contributed by atoms with Crippen LogP contribution >= 0.6 is 0 Å². The molecule has 0 aliphatic heterocycles. The second-order valence-electron chi connectivity index (χ2n) is 14.5. The first-order valence-electron chi connectivity index (χ1n) is 20.6. The van der Waals surface area contributed by atoms with Gasteiger partial charge in [-0.1, -0.05) is 113 Å². The van der Waals surface area contributed by atoms with E-state index in [4.69, 9.17) is 14.0 Å². The van der Waals surface area contributed by atoms with Gasteiger partial charge in [0.25, 0.3) is 0 Å². The monoisotopic (exact) mass is 906 g/mol. The summed E-state index contributed by atoms with van der Waals surface area (Å²) in [6.45, 7) is 5.14. The van der Waals surface area contributed by atoms with E-state index in [0.29, 0.717) is 39.2 Å². The number of pyridine rings is 2. The summed E-state index contributed by atoms with van der Waals surface area (Å²) in [4.78, 5) is 8.65. The van der Waals surface area contributed by atoms with E-state index in [9.17, 15) is 13.2 Å². The van der Waals surface area contributed by atoms with Gasteiger partial charge in [0.2, 0.25) is 0 Å². The summed E-state index contributed by atoms with van der Waals surface area (Å²) in [6.07, 6.45) is -6.06. The normalized spacial score (nSPS) is 14.9. The Morgan fingerprint density at radius 2 is 1.52 bits per heavy atom. The Bertz CT molecular complexity index is 2870. The van der Waals surface area contributed by atoms with Crippen molar-refractivity contribution in [2.45, 2.75) is 60.4 Å². The van der Waals surface area contributed by atoms with E-state index in [1.165, 1.54) is 30.6 Å². The molecule has 5 aromatic carbocycles. The van der Waals surface area contributed by atoms with Crippen LogP contribution < -0.4 is 0 Å². The molecule has 0 amide bonds. The maximum absolute atomic E-state index is 13.7. The first kappa shape index (κ1) is 30.5. The number of nitrogens with zero attached hydrogens (tertiary/aromatic N) is 2. The summed E-state index contributed by atoms with van der Waals surface area (Å²) in [5, 5.41) is 6.07. The van der Waals surface area contributed by atoms with Crippen LogP contribution in [0.1, 0.15) is 60.9 Å². The zero-order chi connectivity index (χ0) is 43.6. The van der Waals surface area contributed by atoms with Gasteiger partial charge >= 0.3 is 6.18 Å². The molecule has 0 saturated heterocycles. The van der Waals surface area contributed by atoms with Crippen LogP contribution in [0.2, 0.25) is 0 Å². The van der Waals surface area contributed by atoms with Gasteiger partial charge in [-0.3, -0.25) is 0 Å². The van der Waals surface area contributed by atoms with Gasteiger partial charge in [-0.15, -0.1) is 53.6 Å². The number of hydrogen-bond donors (Lipinski definition) is 0. The van der Waals surface area contributed by atoms with Gasteiger partial charge in [0.15, 0.2) is 0 Å². The Morgan fingerprint density at radius 3 is 2.22 bits per heavy atom. The molecule has 54 heavy (non-hydrogen) atoms. The Kier molecular flexibility index (Phi) is 8.54. The second kappa shape index (κ2) is 15.1. The van der Waals surface area contributed by atoms with Gasteiger partial charge in [0, 0.05) is 47.5 Å². The maximum atomic E-state index is 13.7. The molecule has 0 unspecified atom stereocenters. The SMILES string of the molecule is [2H]C([2H])([2H])c1c[c-]c(-c2ccc(C([2H])([2H])C(C)(C)C)cn2)cc1.[2H]C([2H])(c1ccnc(-c2[c-]ccc3c2oc2cc4c(ccc5ccccc54)cc23)c1)C(C)(C)C(F)(F)F.[Ir]. The Morgan fingerprint density at radius 1 is 0.722 bits per heavy atom. The van der Waals surface area contributed by atoms with Gasteiger partial charge in [-0.05, 0) is 74.9 Å². The van der Waals surface area contributed by atoms with Crippen LogP contribution in [-0.2, 0) is 32.9 Å².